The third kappa shape index (κ3) is 5.34. The van der Waals surface area contributed by atoms with Gasteiger partial charge in [0, 0.05) is 32.2 Å². The highest BCUT2D eigenvalue weighted by Gasteiger charge is 2.27. The van der Waals surface area contributed by atoms with Gasteiger partial charge in [0.05, 0.1) is 0 Å². The lowest BCUT2D eigenvalue weighted by Crippen LogP contribution is -2.55. The smallest absolute Gasteiger partial charge is 0.369 e. The van der Waals surface area contributed by atoms with Crippen LogP contribution in [-0.4, -0.2) is 73.7 Å². The lowest BCUT2D eigenvalue weighted by molar-refractivity contribution is -0.151. The summed E-state index contributed by atoms with van der Waals surface area (Å²) in [6.45, 7) is 4.83. The number of ether oxygens (including phenoxy) is 1. The van der Waals surface area contributed by atoms with E-state index in [-0.39, 0.29) is 12.6 Å². The molecule has 0 atom stereocenters. The first-order valence-electron chi connectivity index (χ1n) is 9.09. The van der Waals surface area contributed by atoms with Gasteiger partial charge in [-0.3, -0.25) is 4.90 Å². The maximum Gasteiger partial charge on any atom is 0.369 e. The number of piperidine rings is 1. The van der Waals surface area contributed by atoms with E-state index in [0.29, 0.717) is 24.9 Å². The molecule has 8 nitrogen and oxygen atoms in total. The van der Waals surface area contributed by atoms with Gasteiger partial charge in [-0.05, 0) is 38.1 Å². The van der Waals surface area contributed by atoms with Gasteiger partial charge >= 0.3 is 12.0 Å². The van der Waals surface area contributed by atoms with Crippen LogP contribution in [0, 0.1) is 0 Å². The summed E-state index contributed by atoms with van der Waals surface area (Å²) in [6, 6.07) is 9.19. The summed E-state index contributed by atoms with van der Waals surface area (Å²) in [5.41, 5.74) is 2.21. The first kappa shape index (κ1) is 18.5. The number of carbonyl (C=O) groups excluding carboxylic acids is 2. The molecule has 2 saturated heterocycles. The number of nitrogens with one attached hydrogen (secondary N) is 2. The topological polar surface area (TPSA) is 83.1 Å². The van der Waals surface area contributed by atoms with Crippen molar-refractivity contribution in [2.24, 2.45) is 0 Å². The summed E-state index contributed by atoms with van der Waals surface area (Å²) >= 11 is 0. The van der Waals surface area contributed by atoms with Crippen molar-refractivity contribution < 1.29 is 19.2 Å². The largest absolute Gasteiger partial charge is 0.482 e. The molecule has 0 radical (unpaired) electrons. The number of nitrogens with zero attached hydrogens (tertiary/aromatic N) is 2. The number of para-hydroxylation sites is 1. The van der Waals surface area contributed by atoms with E-state index in [4.69, 9.17) is 9.57 Å². The van der Waals surface area contributed by atoms with Crippen molar-refractivity contribution in [1.82, 2.24) is 20.6 Å². The molecule has 8 heteroatoms. The number of amides is 2. The molecule has 1 aromatic carbocycles. The second-order valence-corrected chi connectivity index (χ2v) is 6.49. The summed E-state index contributed by atoms with van der Waals surface area (Å²) in [5, 5.41) is 3.37. The average molecular weight is 362 g/mol. The summed E-state index contributed by atoms with van der Waals surface area (Å²) in [7, 11) is 0. The summed E-state index contributed by atoms with van der Waals surface area (Å²) in [4.78, 5) is 32.7. The predicted octanol–water partition coefficient (Wildman–Crippen LogP) is 0.603. The average Bonchev–Trinajstić information content (AvgIpc) is 2.72. The first-order valence-corrected chi connectivity index (χ1v) is 9.09. The van der Waals surface area contributed by atoms with Crippen LogP contribution >= 0.6 is 0 Å². The predicted molar refractivity (Wildman–Crippen MR) is 95.6 cm³/mol. The Morgan fingerprint density at radius 1 is 1.08 bits per heavy atom. The van der Waals surface area contributed by atoms with Gasteiger partial charge in [0.15, 0.2) is 6.61 Å². The molecular formula is C18H26N4O4. The monoisotopic (exact) mass is 362 g/mol. The Hall–Kier alpha value is -2.32. The quantitative estimate of drug-likeness (QED) is 0.764. The molecule has 3 rings (SSSR count). The Bertz CT molecular complexity index is 584. The third-order valence-electron chi connectivity index (χ3n) is 4.78. The Labute approximate surface area is 153 Å². The van der Waals surface area contributed by atoms with Crippen molar-refractivity contribution in [3.05, 3.63) is 30.3 Å². The van der Waals surface area contributed by atoms with E-state index in [1.54, 1.807) is 17.0 Å². The second kappa shape index (κ2) is 9.40. The minimum absolute atomic E-state index is 0.256. The van der Waals surface area contributed by atoms with E-state index < -0.39 is 5.97 Å². The SMILES string of the molecule is O=C(COc1ccccc1)ONC(=O)N1CCN(C2CCNCC2)CC1. The molecule has 0 aliphatic carbocycles. The minimum atomic E-state index is -0.643. The Balaban J connectivity index is 1.33. The van der Waals surface area contributed by atoms with Crippen LogP contribution in [0.15, 0.2) is 30.3 Å². The van der Waals surface area contributed by atoms with Gasteiger partial charge in [-0.1, -0.05) is 18.2 Å². The number of carbonyl (C=O) groups is 2. The number of hydroxylamine groups is 1. The molecule has 2 amide bonds. The number of hydrogen-bond acceptors (Lipinski definition) is 6. The van der Waals surface area contributed by atoms with E-state index in [2.05, 4.69) is 15.7 Å². The zero-order valence-electron chi connectivity index (χ0n) is 14.9. The van der Waals surface area contributed by atoms with Crippen molar-refractivity contribution in [3.63, 3.8) is 0 Å². The van der Waals surface area contributed by atoms with Crippen molar-refractivity contribution in [2.45, 2.75) is 18.9 Å². The van der Waals surface area contributed by atoms with E-state index in [0.717, 1.165) is 39.0 Å². The number of benzene rings is 1. The standard InChI is InChI=1S/C18H26N4O4/c23-17(14-25-16-4-2-1-3-5-16)26-20-18(24)22-12-10-21(11-13-22)15-6-8-19-9-7-15/h1-5,15,19H,6-14H2,(H,20,24). The molecule has 0 bridgehead atoms. The van der Waals surface area contributed by atoms with Crippen molar-refractivity contribution in [3.8, 4) is 5.75 Å². The fourth-order valence-corrected chi connectivity index (χ4v) is 3.32. The molecule has 0 unspecified atom stereocenters. The van der Waals surface area contributed by atoms with Gasteiger partial charge in [-0.2, -0.15) is 5.48 Å². The van der Waals surface area contributed by atoms with Gasteiger partial charge in [0.25, 0.3) is 0 Å². The molecule has 2 N–H and O–H groups in total. The molecular weight excluding hydrogens is 336 g/mol. The molecule has 2 fully saturated rings. The van der Waals surface area contributed by atoms with Gasteiger partial charge < -0.3 is 19.8 Å². The van der Waals surface area contributed by atoms with E-state index in [9.17, 15) is 9.59 Å². The molecule has 2 aliphatic heterocycles. The summed E-state index contributed by atoms with van der Waals surface area (Å²) < 4.78 is 5.28. The van der Waals surface area contributed by atoms with Gasteiger partial charge in [-0.15, -0.1) is 0 Å². The lowest BCUT2D eigenvalue weighted by Gasteiger charge is -2.40. The van der Waals surface area contributed by atoms with Crippen LogP contribution in [0.25, 0.3) is 0 Å². The van der Waals surface area contributed by atoms with Gasteiger partial charge in [0.2, 0.25) is 0 Å². The molecule has 0 saturated carbocycles. The van der Waals surface area contributed by atoms with Crippen LogP contribution in [-0.2, 0) is 9.63 Å². The van der Waals surface area contributed by atoms with Crippen LogP contribution in [0.5, 0.6) is 5.75 Å². The Morgan fingerprint density at radius 2 is 1.77 bits per heavy atom. The summed E-state index contributed by atoms with van der Waals surface area (Å²) in [6.07, 6.45) is 2.32. The van der Waals surface area contributed by atoms with Crippen molar-refractivity contribution in [1.29, 1.82) is 0 Å². The van der Waals surface area contributed by atoms with Gasteiger partial charge in [-0.25, -0.2) is 9.59 Å². The zero-order chi connectivity index (χ0) is 18.2. The summed E-state index contributed by atoms with van der Waals surface area (Å²) in [5.74, 6) is -0.0691. The van der Waals surface area contributed by atoms with E-state index >= 15 is 0 Å². The Kier molecular flexibility index (Phi) is 6.68. The third-order valence-corrected chi connectivity index (χ3v) is 4.78. The number of hydrogen-bond donors (Lipinski definition) is 2. The Morgan fingerprint density at radius 3 is 2.46 bits per heavy atom. The van der Waals surface area contributed by atoms with Crippen LogP contribution in [0.3, 0.4) is 0 Å². The second-order valence-electron chi connectivity index (χ2n) is 6.49. The fourth-order valence-electron chi connectivity index (χ4n) is 3.32. The van der Waals surface area contributed by atoms with Crippen LogP contribution < -0.4 is 15.5 Å². The maximum atomic E-state index is 12.1. The lowest BCUT2D eigenvalue weighted by atomic mass is 10.0. The number of rotatable bonds is 4. The normalized spacial score (nSPS) is 19.0. The number of urea groups is 1. The van der Waals surface area contributed by atoms with E-state index in [1.165, 1.54) is 0 Å². The highest BCUT2D eigenvalue weighted by Crippen LogP contribution is 2.14. The molecule has 26 heavy (non-hydrogen) atoms. The van der Waals surface area contributed by atoms with Crippen LogP contribution in [0.2, 0.25) is 0 Å². The minimum Gasteiger partial charge on any atom is -0.482 e. The molecule has 0 aromatic heterocycles. The van der Waals surface area contributed by atoms with Crippen LogP contribution in [0.4, 0.5) is 4.79 Å². The molecule has 2 heterocycles. The fraction of sp³-hybridized carbons (Fsp3) is 0.556. The van der Waals surface area contributed by atoms with Crippen molar-refractivity contribution in [2.75, 3.05) is 45.9 Å². The number of piperazine rings is 1. The molecule has 0 spiro atoms. The molecule has 1 aromatic rings. The maximum absolute atomic E-state index is 12.1. The van der Waals surface area contributed by atoms with Gasteiger partial charge in [0.1, 0.15) is 5.75 Å². The van der Waals surface area contributed by atoms with Crippen molar-refractivity contribution >= 4 is 12.0 Å². The molecule has 142 valence electrons. The zero-order valence-corrected chi connectivity index (χ0v) is 14.9. The first-order chi connectivity index (χ1) is 12.7. The highest BCUT2D eigenvalue weighted by molar-refractivity contribution is 5.77. The highest BCUT2D eigenvalue weighted by atomic mass is 16.7. The van der Waals surface area contributed by atoms with Crippen LogP contribution in [0.1, 0.15) is 12.8 Å². The molecule has 2 aliphatic rings. The van der Waals surface area contributed by atoms with E-state index in [1.807, 2.05) is 18.2 Å².